The Morgan fingerprint density at radius 3 is 2.94 bits per heavy atom. The molecule has 1 heterocycles. The number of carboxylic acid groups (broad SMARTS) is 1. The van der Waals surface area contributed by atoms with Gasteiger partial charge in [0.1, 0.15) is 0 Å². The lowest BCUT2D eigenvalue weighted by Gasteiger charge is -2.04. The highest BCUT2D eigenvalue weighted by atomic mass is 32.1. The molecule has 0 saturated heterocycles. The number of carbonyl (C=O) groups is 1. The summed E-state index contributed by atoms with van der Waals surface area (Å²) in [6.07, 6.45) is 4.33. The predicted molar refractivity (Wildman–Crippen MR) is 75.2 cm³/mol. The number of aryl methyl sites for hydroxylation is 1. The predicted octanol–water partition coefficient (Wildman–Crippen LogP) is 3.40. The molecule has 0 aromatic carbocycles. The molecule has 0 atom stereocenters. The number of carboxylic acids is 1. The second-order valence-corrected chi connectivity index (χ2v) is 5.71. The number of thiazole rings is 1. The monoisotopic (exact) mass is 270 g/mol. The van der Waals surface area contributed by atoms with Crippen LogP contribution in [0.4, 0.5) is 5.13 Å². The van der Waals surface area contributed by atoms with Crippen molar-refractivity contribution in [3.05, 3.63) is 11.1 Å². The molecule has 0 unspecified atom stereocenters. The summed E-state index contributed by atoms with van der Waals surface area (Å²) in [6, 6.07) is 0. The largest absolute Gasteiger partial charge is 0.481 e. The summed E-state index contributed by atoms with van der Waals surface area (Å²) < 4.78 is 0. The van der Waals surface area contributed by atoms with Crippen LogP contribution in [0.5, 0.6) is 0 Å². The van der Waals surface area contributed by atoms with E-state index < -0.39 is 5.97 Å². The molecule has 1 rings (SSSR count). The van der Waals surface area contributed by atoms with E-state index in [1.165, 1.54) is 12.8 Å². The minimum absolute atomic E-state index is 0.150. The van der Waals surface area contributed by atoms with E-state index >= 15 is 0 Å². The van der Waals surface area contributed by atoms with E-state index in [1.54, 1.807) is 11.3 Å². The molecule has 5 heteroatoms. The fourth-order valence-corrected chi connectivity index (χ4v) is 2.38. The fraction of sp³-hybridized carbons (Fsp3) is 0.692. The van der Waals surface area contributed by atoms with Crippen molar-refractivity contribution in [2.45, 2.75) is 46.0 Å². The molecule has 0 radical (unpaired) electrons. The molecule has 0 saturated carbocycles. The number of rotatable bonds is 9. The highest BCUT2D eigenvalue weighted by Crippen LogP contribution is 2.16. The van der Waals surface area contributed by atoms with E-state index in [0.717, 1.165) is 29.7 Å². The topological polar surface area (TPSA) is 62.2 Å². The Kier molecular flexibility index (Phi) is 6.72. The van der Waals surface area contributed by atoms with E-state index in [4.69, 9.17) is 5.11 Å². The maximum absolute atomic E-state index is 10.4. The van der Waals surface area contributed by atoms with Gasteiger partial charge in [0.25, 0.3) is 0 Å². The van der Waals surface area contributed by atoms with E-state index in [9.17, 15) is 4.79 Å². The van der Waals surface area contributed by atoms with Gasteiger partial charge in [0.05, 0.1) is 12.1 Å². The Balaban J connectivity index is 2.17. The quantitative estimate of drug-likeness (QED) is 0.675. The second kappa shape index (κ2) is 8.08. The van der Waals surface area contributed by atoms with Gasteiger partial charge in [-0.1, -0.05) is 26.7 Å². The number of hydrogen-bond donors (Lipinski definition) is 2. The zero-order valence-corrected chi connectivity index (χ0v) is 11.9. The third-order valence-electron chi connectivity index (χ3n) is 2.63. The Bertz CT molecular complexity index is 364. The van der Waals surface area contributed by atoms with Crippen molar-refractivity contribution < 1.29 is 9.90 Å². The fourth-order valence-electron chi connectivity index (χ4n) is 1.61. The standard InChI is InChI=1S/C13H22N2O2S/c1-10(2)5-3-4-8-14-13-15-11(9-18-13)6-7-12(16)17/h9-10H,3-8H2,1-2H3,(H,14,15)(H,16,17). The van der Waals surface area contributed by atoms with E-state index in [0.29, 0.717) is 6.42 Å². The average molecular weight is 270 g/mol. The van der Waals surface area contributed by atoms with Gasteiger partial charge in [-0.3, -0.25) is 4.79 Å². The summed E-state index contributed by atoms with van der Waals surface area (Å²) in [4.78, 5) is 14.8. The summed E-state index contributed by atoms with van der Waals surface area (Å²) in [6.45, 7) is 5.42. The molecule has 0 bridgehead atoms. The second-order valence-electron chi connectivity index (χ2n) is 4.85. The molecular formula is C13H22N2O2S. The summed E-state index contributed by atoms with van der Waals surface area (Å²) in [7, 11) is 0. The lowest BCUT2D eigenvalue weighted by Crippen LogP contribution is -2.02. The van der Waals surface area contributed by atoms with Gasteiger partial charge in [-0.05, 0) is 12.3 Å². The van der Waals surface area contributed by atoms with Crippen LogP contribution in [0.15, 0.2) is 5.38 Å². The molecule has 0 aliphatic carbocycles. The number of aliphatic carboxylic acids is 1. The SMILES string of the molecule is CC(C)CCCCNc1nc(CCC(=O)O)cs1. The Morgan fingerprint density at radius 1 is 1.50 bits per heavy atom. The first-order valence-electron chi connectivity index (χ1n) is 6.48. The first-order valence-corrected chi connectivity index (χ1v) is 7.36. The average Bonchev–Trinajstić information content (AvgIpc) is 2.73. The van der Waals surface area contributed by atoms with Crippen molar-refractivity contribution in [2.75, 3.05) is 11.9 Å². The van der Waals surface area contributed by atoms with E-state index in [1.807, 2.05) is 5.38 Å². The molecule has 4 nitrogen and oxygen atoms in total. The molecule has 1 aromatic heterocycles. The maximum atomic E-state index is 10.4. The van der Waals surface area contributed by atoms with Crippen molar-refractivity contribution in [3.63, 3.8) is 0 Å². The zero-order chi connectivity index (χ0) is 13.4. The van der Waals surface area contributed by atoms with Crippen molar-refractivity contribution in [1.82, 2.24) is 4.98 Å². The molecule has 102 valence electrons. The lowest BCUT2D eigenvalue weighted by molar-refractivity contribution is -0.136. The van der Waals surface area contributed by atoms with Crippen LogP contribution in [0.3, 0.4) is 0 Å². The lowest BCUT2D eigenvalue weighted by atomic mass is 10.1. The van der Waals surface area contributed by atoms with Gasteiger partial charge in [0.2, 0.25) is 0 Å². The normalized spacial score (nSPS) is 10.8. The van der Waals surface area contributed by atoms with Gasteiger partial charge in [0.15, 0.2) is 5.13 Å². The van der Waals surface area contributed by atoms with Gasteiger partial charge in [-0.25, -0.2) is 4.98 Å². The summed E-state index contributed by atoms with van der Waals surface area (Å²) in [5.41, 5.74) is 0.868. The third kappa shape index (κ3) is 6.59. The molecule has 0 aliphatic rings. The first kappa shape index (κ1) is 15.0. The maximum Gasteiger partial charge on any atom is 0.303 e. The minimum Gasteiger partial charge on any atom is -0.481 e. The van der Waals surface area contributed by atoms with E-state index in [2.05, 4.69) is 24.1 Å². The van der Waals surface area contributed by atoms with Gasteiger partial charge >= 0.3 is 5.97 Å². The van der Waals surface area contributed by atoms with Crippen molar-refractivity contribution in [3.8, 4) is 0 Å². The van der Waals surface area contributed by atoms with Gasteiger partial charge in [0, 0.05) is 18.3 Å². The molecule has 0 spiro atoms. The smallest absolute Gasteiger partial charge is 0.303 e. The van der Waals surface area contributed by atoms with E-state index in [-0.39, 0.29) is 6.42 Å². The molecule has 18 heavy (non-hydrogen) atoms. The third-order valence-corrected chi connectivity index (χ3v) is 3.48. The van der Waals surface area contributed by atoms with Crippen LogP contribution < -0.4 is 5.32 Å². The summed E-state index contributed by atoms with van der Waals surface area (Å²) >= 11 is 1.55. The zero-order valence-electron chi connectivity index (χ0n) is 11.1. The van der Waals surface area contributed by atoms with Crippen LogP contribution in [0.25, 0.3) is 0 Å². The molecule has 0 fully saturated rings. The van der Waals surface area contributed by atoms with Crippen LogP contribution >= 0.6 is 11.3 Å². The summed E-state index contributed by atoms with van der Waals surface area (Å²) in [5.74, 6) is -0.00122. The van der Waals surface area contributed by atoms with Crippen LogP contribution in [-0.4, -0.2) is 22.6 Å². The van der Waals surface area contributed by atoms with Crippen LogP contribution in [-0.2, 0) is 11.2 Å². The highest BCUT2D eigenvalue weighted by Gasteiger charge is 2.04. The Hall–Kier alpha value is -1.10. The molecular weight excluding hydrogens is 248 g/mol. The van der Waals surface area contributed by atoms with Gasteiger partial charge in [-0.15, -0.1) is 11.3 Å². The molecule has 0 amide bonds. The number of anilines is 1. The molecule has 1 aromatic rings. The number of unbranched alkanes of at least 4 members (excludes halogenated alkanes) is 1. The minimum atomic E-state index is -0.772. The van der Waals surface area contributed by atoms with Crippen molar-refractivity contribution in [1.29, 1.82) is 0 Å². The van der Waals surface area contributed by atoms with Gasteiger partial charge in [-0.2, -0.15) is 0 Å². The number of hydrogen-bond acceptors (Lipinski definition) is 4. The number of nitrogens with one attached hydrogen (secondary N) is 1. The van der Waals surface area contributed by atoms with Crippen molar-refractivity contribution >= 4 is 22.4 Å². The Labute approximate surface area is 112 Å². The number of nitrogens with zero attached hydrogens (tertiary/aromatic N) is 1. The van der Waals surface area contributed by atoms with Crippen LogP contribution in [0.1, 0.15) is 45.2 Å². The van der Waals surface area contributed by atoms with Crippen LogP contribution in [0.2, 0.25) is 0 Å². The van der Waals surface area contributed by atoms with Gasteiger partial charge < -0.3 is 10.4 Å². The first-order chi connectivity index (χ1) is 8.58. The highest BCUT2D eigenvalue weighted by molar-refractivity contribution is 7.13. The van der Waals surface area contributed by atoms with Crippen LogP contribution in [0, 0.1) is 5.92 Å². The Morgan fingerprint density at radius 2 is 2.28 bits per heavy atom. The molecule has 2 N–H and O–H groups in total. The summed E-state index contributed by atoms with van der Waals surface area (Å²) in [5, 5.41) is 14.7. The number of aromatic nitrogens is 1. The van der Waals surface area contributed by atoms with Crippen molar-refractivity contribution in [2.24, 2.45) is 5.92 Å². The molecule has 0 aliphatic heterocycles.